The SMILES string of the molecule is CC(C)(C)CCSc1nnnn1CCN. The first-order valence-corrected chi connectivity index (χ1v) is 6.10. The summed E-state index contributed by atoms with van der Waals surface area (Å²) in [6, 6.07) is 0. The third kappa shape index (κ3) is 4.61. The van der Waals surface area contributed by atoms with Gasteiger partial charge in [-0.25, -0.2) is 4.68 Å². The topological polar surface area (TPSA) is 69.6 Å². The van der Waals surface area contributed by atoms with Crippen molar-refractivity contribution in [3.8, 4) is 0 Å². The van der Waals surface area contributed by atoms with Gasteiger partial charge in [-0.3, -0.25) is 0 Å². The zero-order valence-electron chi connectivity index (χ0n) is 9.60. The smallest absolute Gasteiger partial charge is 0.209 e. The molecular formula is C9H19N5S. The first-order valence-electron chi connectivity index (χ1n) is 5.12. The summed E-state index contributed by atoms with van der Waals surface area (Å²) in [5, 5.41) is 12.3. The van der Waals surface area contributed by atoms with E-state index in [4.69, 9.17) is 5.73 Å². The van der Waals surface area contributed by atoms with Gasteiger partial charge in [0.1, 0.15) is 0 Å². The fourth-order valence-corrected chi connectivity index (χ4v) is 2.28. The second kappa shape index (κ2) is 5.46. The second-order valence-electron chi connectivity index (χ2n) is 4.63. The minimum atomic E-state index is 0.360. The molecule has 5 nitrogen and oxygen atoms in total. The molecule has 1 aromatic heterocycles. The highest BCUT2D eigenvalue weighted by Gasteiger charge is 2.12. The molecule has 0 aromatic carbocycles. The zero-order valence-corrected chi connectivity index (χ0v) is 10.4. The molecule has 0 aliphatic heterocycles. The van der Waals surface area contributed by atoms with Crippen LogP contribution in [-0.2, 0) is 6.54 Å². The Bertz CT molecular complexity index is 291. The largest absolute Gasteiger partial charge is 0.329 e. The molecule has 86 valence electrons. The van der Waals surface area contributed by atoms with Crippen LogP contribution in [0.15, 0.2) is 5.16 Å². The van der Waals surface area contributed by atoms with Gasteiger partial charge in [-0.2, -0.15) is 0 Å². The molecule has 0 amide bonds. The van der Waals surface area contributed by atoms with E-state index in [0.717, 1.165) is 17.3 Å². The van der Waals surface area contributed by atoms with Crippen molar-refractivity contribution in [2.75, 3.05) is 12.3 Å². The van der Waals surface area contributed by atoms with Crippen LogP contribution in [0.4, 0.5) is 0 Å². The van der Waals surface area contributed by atoms with Gasteiger partial charge < -0.3 is 5.73 Å². The van der Waals surface area contributed by atoms with Crippen molar-refractivity contribution in [2.24, 2.45) is 11.1 Å². The van der Waals surface area contributed by atoms with E-state index in [1.807, 2.05) is 0 Å². The lowest BCUT2D eigenvalue weighted by atomic mass is 9.94. The summed E-state index contributed by atoms with van der Waals surface area (Å²) >= 11 is 1.69. The molecule has 0 unspecified atom stereocenters. The molecule has 0 saturated carbocycles. The maximum absolute atomic E-state index is 5.46. The van der Waals surface area contributed by atoms with E-state index in [0.29, 0.717) is 18.5 Å². The van der Waals surface area contributed by atoms with Crippen LogP contribution in [0, 0.1) is 5.41 Å². The summed E-state index contributed by atoms with van der Waals surface area (Å²) in [5.74, 6) is 1.04. The Hall–Kier alpha value is -0.620. The van der Waals surface area contributed by atoms with Crippen molar-refractivity contribution in [2.45, 2.75) is 38.9 Å². The number of tetrazole rings is 1. The van der Waals surface area contributed by atoms with Gasteiger partial charge in [-0.15, -0.1) is 5.10 Å². The fourth-order valence-electron chi connectivity index (χ4n) is 1.01. The van der Waals surface area contributed by atoms with Crippen LogP contribution in [-0.4, -0.2) is 32.5 Å². The Morgan fingerprint density at radius 2 is 2.13 bits per heavy atom. The average molecular weight is 229 g/mol. The number of hydrogen-bond donors (Lipinski definition) is 1. The number of rotatable bonds is 5. The first-order chi connectivity index (χ1) is 7.03. The van der Waals surface area contributed by atoms with Crippen molar-refractivity contribution in [1.82, 2.24) is 20.2 Å². The Labute approximate surface area is 94.8 Å². The zero-order chi connectivity index (χ0) is 11.3. The van der Waals surface area contributed by atoms with Gasteiger partial charge in [0.25, 0.3) is 0 Å². The quantitative estimate of drug-likeness (QED) is 0.767. The summed E-state index contributed by atoms with van der Waals surface area (Å²) in [5.41, 5.74) is 5.82. The third-order valence-corrected chi connectivity index (χ3v) is 2.88. The minimum absolute atomic E-state index is 0.360. The first kappa shape index (κ1) is 12.4. The molecule has 6 heteroatoms. The van der Waals surface area contributed by atoms with Crippen molar-refractivity contribution < 1.29 is 0 Å². The van der Waals surface area contributed by atoms with E-state index in [9.17, 15) is 0 Å². The third-order valence-electron chi connectivity index (χ3n) is 1.92. The molecule has 0 spiro atoms. The molecule has 0 bridgehead atoms. The van der Waals surface area contributed by atoms with Gasteiger partial charge in [-0.1, -0.05) is 32.5 Å². The summed E-state index contributed by atoms with van der Waals surface area (Å²) in [6.07, 6.45) is 1.15. The molecule has 1 rings (SSSR count). The van der Waals surface area contributed by atoms with E-state index in [2.05, 4.69) is 36.3 Å². The Kier molecular flexibility index (Phi) is 4.53. The van der Waals surface area contributed by atoms with Crippen molar-refractivity contribution in [3.63, 3.8) is 0 Å². The van der Waals surface area contributed by atoms with Gasteiger partial charge in [0.15, 0.2) is 0 Å². The summed E-state index contributed by atoms with van der Waals surface area (Å²) in [4.78, 5) is 0. The van der Waals surface area contributed by atoms with E-state index < -0.39 is 0 Å². The molecule has 1 aromatic rings. The minimum Gasteiger partial charge on any atom is -0.329 e. The van der Waals surface area contributed by atoms with Crippen LogP contribution in [0.5, 0.6) is 0 Å². The molecule has 0 aliphatic carbocycles. The average Bonchev–Trinajstić information content (AvgIpc) is 2.51. The molecule has 0 radical (unpaired) electrons. The van der Waals surface area contributed by atoms with Crippen molar-refractivity contribution in [1.29, 1.82) is 0 Å². The normalized spacial score (nSPS) is 12.0. The predicted molar refractivity (Wildman–Crippen MR) is 61.7 cm³/mol. The number of aromatic nitrogens is 4. The molecular weight excluding hydrogens is 210 g/mol. The van der Waals surface area contributed by atoms with E-state index in [-0.39, 0.29) is 0 Å². The van der Waals surface area contributed by atoms with Crippen LogP contribution < -0.4 is 5.73 Å². The highest BCUT2D eigenvalue weighted by atomic mass is 32.2. The van der Waals surface area contributed by atoms with E-state index in [1.54, 1.807) is 16.4 Å². The monoisotopic (exact) mass is 229 g/mol. The van der Waals surface area contributed by atoms with Crippen LogP contribution in [0.2, 0.25) is 0 Å². The highest BCUT2D eigenvalue weighted by Crippen LogP contribution is 2.24. The summed E-state index contributed by atoms with van der Waals surface area (Å²) in [6.45, 7) is 7.95. The maximum atomic E-state index is 5.46. The van der Waals surface area contributed by atoms with Gasteiger partial charge >= 0.3 is 0 Å². The van der Waals surface area contributed by atoms with Crippen LogP contribution in [0.25, 0.3) is 0 Å². The molecule has 0 aliphatic rings. The predicted octanol–water partition coefficient (Wildman–Crippen LogP) is 1.16. The van der Waals surface area contributed by atoms with Gasteiger partial charge in [0.2, 0.25) is 5.16 Å². The van der Waals surface area contributed by atoms with Crippen LogP contribution in [0.1, 0.15) is 27.2 Å². The van der Waals surface area contributed by atoms with Crippen molar-refractivity contribution >= 4 is 11.8 Å². The number of thioether (sulfide) groups is 1. The molecule has 1 heterocycles. The number of nitrogens with two attached hydrogens (primary N) is 1. The standard InChI is InChI=1S/C9H19N5S/c1-9(2,3)4-7-15-8-11-12-13-14(8)6-5-10/h4-7,10H2,1-3H3. The Morgan fingerprint density at radius 1 is 1.40 bits per heavy atom. The molecule has 0 atom stereocenters. The molecule has 15 heavy (non-hydrogen) atoms. The fraction of sp³-hybridized carbons (Fsp3) is 0.889. The van der Waals surface area contributed by atoms with Crippen molar-refractivity contribution in [3.05, 3.63) is 0 Å². The highest BCUT2D eigenvalue weighted by molar-refractivity contribution is 7.99. The summed E-state index contributed by atoms with van der Waals surface area (Å²) < 4.78 is 1.76. The number of nitrogens with zero attached hydrogens (tertiary/aromatic N) is 4. The van der Waals surface area contributed by atoms with Gasteiger partial charge in [0, 0.05) is 12.3 Å². The Balaban J connectivity index is 2.40. The maximum Gasteiger partial charge on any atom is 0.209 e. The lowest BCUT2D eigenvalue weighted by molar-refractivity contribution is 0.401. The lowest BCUT2D eigenvalue weighted by Gasteiger charge is -2.16. The van der Waals surface area contributed by atoms with Crippen LogP contribution >= 0.6 is 11.8 Å². The van der Waals surface area contributed by atoms with Gasteiger partial charge in [0.05, 0.1) is 6.54 Å². The van der Waals surface area contributed by atoms with E-state index in [1.165, 1.54) is 0 Å². The summed E-state index contributed by atoms with van der Waals surface area (Å²) in [7, 11) is 0. The van der Waals surface area contributed by atoms with E-state index >= 15 is 0 Å². The number of hydrogen-bond acceptors (Lipinski definition) is 5. The molecule has 0 fully saturated rings. The van der Waals surface area contributed by atoms with Gasteiger partial charge in [-0.05, 0) is 22.3 Å². The molecule has 0 saturated heterocycles. The van der Waals surface area contributed by atoms with Crippen LogP contribution in [0.3, 0.4) is 0 Å². The second-order valence-corrected chi connectivity index (χ2v) is 5.69. The Morgan fingerprint density at radius 3 is 2.73 bits per heavy atom. The molecule has 2 N–H and O–H groups in total. The lowest BCUT2D eigenvalue weighted by Crippen LogP contribution is -2.12.